The highest BCUT2D eigenvalue weighted by Gasteiger charge is 2.43. The van der Waals surface area contributed by atoms with Crippen molar-refractivity contribution in [2.45, 2.75) is 116 Å². The van der Waals surface area contributed by atoms with Gasteiger partial charge in [0.2, 0.25) is 0 Å². The van der Waals surface area contributed by atoms with Gasteiger partial charge in [-0.3, -0.25) is 24.0 Å². The Morgan fingerprint density at radius 2 is 0.698 bits per heavy atom. The van der Waals surface area contributed by atoms with Gasteiger partial charge in [-0.05, 0) is 57.8 Å². The highest BCUT2D eigenvalue weighted by Crippen LogP contribution is 2.20. The fourth-order valence-corrected chi connectivity index (χ4v) is 3.46. The maximum atomic E-state index is 12.8. The van der Waals surface area contributed by atoms with E-state index in [-0.39, 0.29) is 57.5 Å². The summed E-state index contributed by atoms with van der Waals surface area (Å²) in [4.78, 5) is 71.8. The first-order valence-electron chi connectivity index (χ1n) is 15.3. The van der Waals surface area contributed by atoms with Gasteiger partial charge in [0.1, 0.15) is 0 Å². The van der Waals surface area contributed by atoms with E-state index in [9.17, 15) is 33.9 Å². The van der Waals surface area contributed by atoms with Crippen molar-refractivity contribution in [3.8, 4) is 0 Å². The highest BCUT2D eigenvalue weighted by molar-refractivity contribution is 5.90. The van der Waals surface area contributed by atoms with Gasteiger partial charge in [0, 0.05) is 19.3 Å². The molecule has 0 saturated heterocycles. The van der Waals surface area contributed by atoms with Gasteiger partial charge in [0.15, 0.2) is 5.60 Å². The topological polar surface area (TPSA) is 178 Å². The van der Waals surface area contributed by atoms with Crippen LogP contribution in [0.25, 0.3) is 0 Å². The molecule has 0 atom stereocenters. The molecule has 0 heterocycles. The Kier molecular flexibility index (Phi) is 23.4. The molecule has 13 heteroatoms. The molecule has 0 radical (unpaired) electrons. The van der Waals surface area contributed by atoms with Gasteiger partial charge >= 0.3 is 35.8 Å². The average Bonchev–Trinajstić information content (AvgIpc) is 2.94. The summed E-state index contributed by atoms with van der Waals surface area (Å²) in [5.41, 5.74) is -2.52. The van der Waals surface area contributed by atoms with Crippen LogP contribution in [0.15, 0.2) is 0 Å². The van der Waals surface area contributed by atoms with Crippen LogP contribution < -0.4 is 0 Å². The number of carbonyl (C=O) groups excluding carboxylic acids is 6. The Bertz CT molecular complexity index is 796. The molecule has 0 rings (SSSR count). The van der Waals surface area contributed by atoms with E-state index in [2.05, 4.69) is 0 Å². The second-order valence-electron chi connectivity index (χ2n) is 9.99. The van der Waals surface area contributed by atoms with Crippen molar-refractivity contribution >= 4 is 35.8 Å². The third-order valence-electron chi connectivity index (χ3n) is 5.78. The molecule has 0 aromatic rings. The molecule has 1 N–H and O–H groups in total. The molecule has 13 nitrogen and oxygen atoms in total. The normalized spacial score (nSPS) is 10.9. The number of carbonyl (C=O) groups is 6. The van der Waals surface area contributed by atoms with Gasteiger partial charge in [0.05, 0.1) is 52.5 Å². The summed E-state index contributed by atoms with van der Waals surface area (Å²) in [7, 11) is 0. The molecule has 0 aromatic heterocycles. The van der Waals surface area contributed by atoms with E-state index in [1.807, 2.05) is 20.8 Å². The number of rotatable bonds is 26. The first-order chi connectivity index (χ1) is 20.6. The minimum atomic E-state index is -2.52. The summed E-state index contributed by atoms with van der Waals surface area (Å²) in [6.07, 6.45) is 3.71. The van der Waals surface area contributed by atoms with E-state index in [0.717, 1.165) is 0 Å². The van der Waals surface area contributed by atoms with Crippen molar-refractivity contribution in [1.29, 1.82) is 0 Å². The highest BCUT2D eigenvalue weighted by atomic mass is 16.6. The summed E-state index contributed by atoms with van der Waals surface area (Å²) in [6.45, 7) is 5.86. The van der Waals surface area contributed by atoms with Crippen LogP contribution in [0.2, 0.25) is 0 Å². The molecule has 0 amide bonds. The van der Waals surface area contributed by atoms with Crippen LogP contribution >= 0.6 is 0 Å². The SMILES string of the molecule is CCCC(=O)OCCCCOC(=O)CC(O)(CC(=O)OCCCCOC(=O)CCC)C(=O)OCCCCOC(=O)CCC. The zero-order chi connectivity index (χ0) is 32.3. The smallest absolute Gasteiger partial charge is 0.339 e. The summed E-state index contributed by atoms with van der Waals surface area (Å²) >= 11 is 0. The van der Waals surface area contributed by atoms with Crippen LogP contribution in [0.5, 0.6) is 0 Å². The Balaban J connectivity index is 4.77. The summed E-state index contributed by atoms with van der Waals surface area (Å²) in [6, 6.07) is 0. The Morgan fingerprint density at radius 3 is 0.977 bits per heavy atom. The Labute approximate surface area is 254 Å². The minimum Gasteiger partial charge on any atom is -0.466 e. The minimum absolute atomic E-state index is 0.0423. The van der Waals surface area contributed by atoms with Crippen LogP contribution in [0.3, 0.4) is 0 Å². The maximum absolute atomic E-state index is 12.8. The van der Waals surface area contributed by atoms with Crippen molar-refractivity contribution in [3.05, 3.63) is 0 Å². The summed E-state index contributed by atoms with van der Waals surface area (Å²) in [5.74, 6) is -3.96. The standard InChI is InChI=1S/C30H50O13/c1-4-13-24(31)38-16-7-9-19-41-27(34)22-30(37,29(36)43-21-12-11-18-40-26(33)15-6-3)23-28(35)42-20-10-8-17-39-25(32)14-5-2/h37H,4-23H2,1-3H3. The number of hydrogen-bond donors (Lipinski definition) is 1. The van der Waals surface area contributed by atoms with E-state index >= 15 is 0 Å². The van der Waals surface area contributed by atoms with E-state index in [1.165, 1.54) is 0 Å². The molecule has 0 aliphatic carbocycles. The number of esters is 6. The lowest BCUT2D eigenvalue weighted by Crippen LogP contribution is -2.45. The van der Waals surface area contributed by atoms with Crippen LogP contribution in [-0.4, -0.2) is 86.2 Å². The Hall–Kier alpha value is -3.22. The molecule has 0 unspecified atom stereocenters. The number of hydrogen-bond acceptors (Lipinski definition) is 13. The van der Waals surface area contributed by atoms with Crippen LogP contribution in [0, 0.1) is 0 Å². The van der Waals surface area contributed by atoms with E-state index < -0.39 is 36.4 Å². The third kappa shape index (κ3) is 22.0. The molecule has 0 bridgehead atoms. The fraction of sp³-hybridized carbons (Fsp3) is 0.800. The molecule has 0 aliphatic rings. The van der Waals surface area contributed by atoms with Crippen LogP contribution in [0.1, 0.15) is 111 Å². The average molecular weight is 619 g/mol. The van der Waals surface area contributed by atoms with Gasteiger partial charge < -0.3 is 33.5 Å². The Morgan fingerprint density at radius 1 is 0.442 bits per heavy atom. The maximum Gasteiger partial charge on any atom is 0.339 e. The molecule has 0 aromatic carbocycles. The molecular weight excluding hydrogens is 568 g/mol. The van der Waals surface area contributed by atoms with Crippen molar-refractivity contribution in [1.82, 2.24) is 0 Å². The number of aliphatic hydroxyl groups is 1. The third-order valence-corrected chi connectivity index (χ3v) is 5.78. The lowest BCUT2D eigenvalue weighted by molar-refractivity contribution is -0.178. The molecule has 0 saturated carbocycles. The first kappa shape index (κ1) is 39.8. The van der Waals surface area contributed by atoms with Gasteiger partial charge in [-0.2, -0.15) is 0 Å². The monoisotopic (exact) mass is 618 g/mol. The summed E-state index contributed by atoms with van der Waals surface area (Å²) in [5, 5.41) is 11.0. The largest absolute Gasteiger partial charge is 0.466 e. The molecule has 0 fully saturated rings. The lowest BCUT2D eigenvalue weighted by Gasteiger charge is -2.24. The van der Waals surface area contributed by atoms with E-state index in [1.54, 1.807) is 0 Å². The quantitative estimate of drug-likeness (QED) is 0.0847. The predicted molar refractivity (Wildman–Crippen MR) is 152 cm³/mol. The molecular formula is C30H50O13. The first-order valence-corrected chi connectivity index (χ1v) is 15.3. The lowest BCUT2D eigenvalue weighted by atomic mass is 9.95. The van der Waals surface area contributed by atoms with Gasteiger partial charge in [-0.25, -0.2) is 4.79 Å². The molecule has 248 valence electrons. The number of ether oxygens (including phenoxy) is 6. The predicted octanol–water partition coefficient (Wildman–Crippen LogP) is 3.50. The second kappa shape index (κ2) is 25.3. The van der Waals surface area contributed by atoms with Crippen LogP contribution in [0.4, 0.5) is 0 Å². The molecule has 0 spiro atoms. The number of unbranched alkanes of at least 4 members (excludes halogenated alkanes) is 3. The molecule has 0 aliphatic heterocycles. The van der Waals surface area contributed by atoms with Gasteiger partial charge in [0.25, 0.3) is 0 Å². The zero-order valence-corrected chi connectivity index (χ0v) is 26.0. The second-order valence-corrected chi connectivity index (χ2v) is 9.99. The van der Waals surface area contributed by atoms with E-state index in [0.29, 0.717) is 77.0 Å². The molecule has 43 heavy (non-hydrogen) atoms. The van der Waals surface area contributed by atoms with Crippen LogP contribution in [-0.2, 0) is 57.2 Å². The van der Waals surface area contributed by atoms with Gasteiger partial charge in [-0.15, -0.1) is 0 Å². The summed E-state index contributed by atoms with van der Waals surface area (Å²) < 4.78 is 30.4. The zero-order valence-electron chi connectivity index (χ0n) is 26.0. The van der Waals surface area contributed by atoms with Crippen molar-refractivity contribution < 1.29 is 62.3 Å². The van der Waals surface area contributed by atoms with Gasteiger partial charge in [-0.1, -0.05) is 20.8 Å². The van der Waals surface area contributed by atoms with E-state index in [4.69, 9.17) is 28.4 Å². The van der Waals surface area contributed by atoms with Crippen molar-refractivity contribution in [2.75, 3.05) is 39.6 Å². The van der Waals surface area contributed by atoms with Crippen molar-refractivity contribution in [3.63, 3.8) is 0 Å². The van der Waals surface area contributed by atoms with Crippen molar-refractivity contribution in [2.24, 2.45) is 0 Å². The fourth-order valence-electron chi connectivity index (χ4n) is 3.46.